The van der Waals surface area contributed by atoms with Crippen molar-refractivity contribution in [3.63, 3.8) is 0 Å². The number of fused-ring (bicyclic) bond motifs is 1. The summed E-state index contributed by atoms with van der Waals surface area (Å²) in [5, 5.41) is 31.0. The van der Waals surface area contributed by atoms with Crippen molar-refractivity contribution in [3.05, 3.63) is 65.2 Å². The van der Waals surface area contributed by atoms with Gasteiger partial charge in [0.1, 0.15) is 5.75 Å². The molecular weight excluding hydrogens is 338 g/mol. The molecule has 0 aromatic heterocycles. The maximum Gasteiger partial charge on any atom is 0.115 e. The molecule has 0 radical (unpaired) electrons. The van der Waals surface area contributed by atoms with E-state index in [0.29, 0.717) is 18.4 Å². The fraction of sp³-hybridized carbons (Fsp3) is 0.478. The predicted molar refractivity (Wildman–Crippen MR) is 106 cm³/mol. The van der Waals surface area contributed by atoms with Crippen molar-refractivity contribution >= 4 is 0 Å². The first kappa shape index (κ1) is 18.5. The van der Waals surface area contributed by atoms with E-state index in [1.54, 1.807) is 24.3 Å². The topological polar surface area (TPSA) is 63.9 Å². The monoisotopic (exact) mass is 367 g/mol. The van der Waals surface area contributed by atoms with Gasteiger partial charge in [-0.1, -0.05) is 36.4 Å². The zero-order valence-electron chi connectivity index (χ0n) is 15.9. The first-order valence-electron chi connectivity index (χ1n) is 9.88. The van der Waals surface area contributed by atoms with Gasteiger partial charge in [-0.3, -0.25) is 4.90 Å². The van der Waals surface area contributed by atoms with Gasteiger partial charge in [0.25, 0.3) is 0 Å². The zero-order chi connectivity index (χ0) is 19.0. The number of phenolic OH excluding ortho intramolecular Hbond substituents is 1. The summed E-state index contributed by atoms with van der Waals surface area (Å²) in [5.41, 5.74) is 2.74. The molecule has 27 heavy (non-hydrogen) atoms. The van der Waals surface area contributed by atoms with Crippen LogP contribution in [-0.2, 0) is 6.42 Å². The summed E-state index contributed by atoms with van der Waals surface area (Å²) in [6.45, 7) is 4.60. The predicted octanol–water partition coefficient (Wildman–Crippen LogP) is 3.05. The Morgan fingerprint density at radius 3 is 2.30 bits per heavy atom. The van der Waals surface area contributed by atoms with Gasteiger partial charge < -0.3 is 15.3 Å². The number of β-amino-alcohol motifs (C(OH)–C–C–N with tert-alkyl or cyclic N) is 1. The number of likely N-dealkylation sites (tertiary alicyclic amines) is 1. The molecule has 4 atom stereocenters. The van der Waals surface area contributed by atoms with Crippen molar-refractivity contribution in [3.8, 4) is 5.75 Å². The van der Waals surface area contributed by atoms with Crippen LogP contribution in [-0.4, -0.2) is 45.5 Å². The molecule has 2 aromatic rings. The molecule has 4 heteroatoms. The van der Waals surface area contributed by atoms with Crippen molar-refractivity contribution < 1.29 is 15.3 Å². The molecule has 2 aliphatic rings. The molecule has 3 unspecified atom stereocenters. The van der Waals surface area contributed by atoms with Crippen LogP contribution in [0, 0.1) is 18.8 Å². The second-order valence-electron chi connectivity index (χ2n) is 8.58. The Morgan fingerprint density at radius 2 is 1.67 bits per heavy atom. The van der Waals surface area contributed by atoms with Crippen LogP contribution in [0.4, 0.5) is 0 Å². The lowest BCUT2D eigenvalue weighted by atomic mass is 9.89. The summed E-state index contributed by atoms with van der Waals surface area (Å²) in [6, 6.07) is 15.1. The summed E-state index contributed by atoms with van der Waals surface area (Å²) >= 11 is 0. The van der Waals surface area contributed by atoms with Gasteiger partial charge in [-0.2, -0.15) is 0 Å². The standard InChI is InChI=1S/C23H29NO3/c1-16-4-2-3-5-18(16)10-23(27)11-19-13-24(14-20(19)12-23)15-22(26)17-6-8-21(25)9-7-17/h2-9,19-20,22,25-27H,10-15H2,1H3/t19-,20?,22?,23?/m1/s1. The number of phenols is 1. The minimum atomic E-state index is -0.594. The van der Waals surface area contributed by atoms with Crippen LogP contribution in [0.15, 0.2) is 48.5 Å². The molecule has 1 saturated heterocycles. The lowest BCUT2D eigenvalue weighted by molar-refractivity contribution is 0.0327. The van der Waals surface area contributed by atoms with E-state index in [1.165, 1.54) is 11.1 Å². The minimum absolute atomic E-state index is 0.217. The Kier molecular flexibility index (Phi) is 4.97. The number of benzene rings is 2. The molecule has 3 N–H and O–H groups in total. The van der Waals surface area contributed by atoms with E-state index in [1.807, 2.05) is 12.1 Å². The number of aromatic hydroxyl groups is 1. The number of hydrogen-bond donors (Lipinski definition) is 3. The van der Waals surface area contributed by atoms with Crippen LogP contribution in [0.5, 0.6) is 5.75 Å². The van der Waals surface area contributed by atoms with Gasteiger partial charge in [-0.25, -0.2) is 0 Å². The molecule has 1 saturated carbocycles. The molecule has 1 aliphatic heterocycles. The molecule has 0 amide bonds. The largest absolute Gasteiger partial charge is 0.508 e. The normalized spacial score (nSPS) is 29.0. The minimum Gasteiger partial charge on any atom is -0.508 e. The molecule has 4 rings (SSSR count). The molecule has 144 valence electrons. The lowest BCUT2D eigenvalue weighted by Gasteiger charge is -2.27. The van der Waals surface area contributed by atoms with E-state index in [4.69, 9.17) is 0 Å². The molecule has 0 spiro atoms. The van der Waals surface area contributed by atoms with E-state index < -0.39 is 11.7 Å². The molecule has 1 heterocycles. The van der Waals surface area contributed by atoms with Crippen LogP contribution in [0.3, 0.4) is 0 Å². The molecule has 2 aromatic carbocycles. The van der Waals surface area contributed by atoms with Crippen molar-refractivity contribution in [2.75, 3.05) is 19.6 Å². The van der Waals surface area contributed by atoms with Crippen molar-refractivity contribution in [1.29, 1.82) is 0 Å². The lowest BCUT2D eigenvalue weighted by Crippen LogP contribution is -2.33. The highest BCUT2D eigenvalue weighted by Gasteiger charge is 2.48. The number of nitrogens with zero attached hydrogens (tertiary/aromatic N) is 1. The average Bonchev–Trinajstić information content (AvgIpc) is 3.11. The maximum absolute atomic E-state index is 11.2. The fourth-order valence-corrected chi connectivity index (χ4v) is 5.06. The number of aryl methyl sites for hydroxylation is 1. The molecule has 4 nitrogen and oxygen atoms in total. The van der Waals surface area contributed by atoms with Crippen LogP contribution >= 0.6 is 0 Å². The second-order valence-corrected chi connectivity index (χ2v) is 8.58. The van der Waals surface area contributed by atoms with Gasteiger partial charge in [0.15, 0.2) is 0 Å². The Hall–Kier alpha value is -1.88. The Labute approximate surface area is 161 Å². The third kappa shape index (κ3) is 4.03. The second kappa shape index (κ2) is 7.27. The summed E-state index contributed by atoms with van der Waals surface area (Å²) in [4.78, 5) is 2.32. The van der Waals surface area contributed by atoms with E-state index in [-0.39, 0.29) is 5.75 Å². The Bertz CT molecular complexity index is 774. The SMILES string of the molecule is Cc1ccccc1CC1(O)CC2CN(CC(O)c3ccc(O)cc3)C[C@H]2C1. The summed E-state index contributed by atoms with van der Waals surface area (Å²) in [7, 11) is 0. The maximum atomic E-state index is 11.2. The van der Waals surface area contributed by atoms with E-state index >= 15 is 0 Å². The number of aliphatic hydroxyl groups is 2. The zero-order valence-corrected chi connectivity index (χ0v) is 15.9. The van der Waals surface area contributed by atoms with Crippen LogP contribution < -0.4 is 0 Å². The van der Waals surface area contributed by atoms with Crippen LogP contribution in [0.1, 0.15) is 35.6 Å². The van der Waals surface area contributed by atoms with Gasteiger partial charge in [-0.15, -0.1) is 0 Å². The fourth-order valence-electron chi connectivity index (χ4n) is 5.06. The quantitative estimate of drug-likeness (QED) is 0.760. The van der Waals surface area contributed by atoms with Crippen molar-refractivity contribution in [1.82, 2.24) is 4.90 Å². The van der Waals surface area contributed by atoms with Crippen LogP contribution in [0.25, 0.3) is 0 Å². The first-order valence-corrected chi connectivity index (χ1v) is 9.88. The Morgan fingerprint density at radius 1 is 1.04 bits per heavy atom. The number of aliphatic hydroxyl groups excluding tert-OH is 1. The summed E-state index contributed by atoms with van der Waals surface area (Å²) < 4.78 is 0. The highest BCUT2D eigenvalue weighted by molar-refractivity contribution is 5.28. The van der Waals surface area contributed by atoms with Gasteiger partial charge in [-0.05, 0) is 60.4 Å². The van der Waals surface area contributed by atoms with Gasteiger partial charge in [0.05, 0.1) is 11.7 Å². The summed E-state index contributed by atoms with van der Waals surface area (Å²) in [5.74, 6) is 1.23. The van der Waals surface area contributed by atoms with Gasteiger partial charge >= 0.3 is 0 Å². The summed E-state index contributed by atoms with van der Waals surface area (Å²) in [6.07, 6.45) is 1.88. The highest BCUT2D eigenvalue weighted by Crippen LogP contribution is 2.45. The van der Waals surface area contributed by atoms with E-state index in [0.717, 1.165) is 37.9 Å². The smallest absolute Gasteiger partial charge is 0.115 e. The van der Waals surface area contributed by atoms with E-state index in [2.05, 4.69) is 24.0 Å². The number of rotatable bonds is 5. The molecule has 1 aliphatic carbocycles. The van der Waals surface area contributed by atoms with Gasteiger partial charge in [0.2, 0.25) is 0 Å². The van der Waals surface area contributed by atoms with Gasteiger partial charge in [0, 0.05) is 26.1 Å². The first-order chi connectivity index (χ1) is 12.9. The third-order valence-corrected chi connectivity index (χ3v) is 6.43. The third-order valence-electron chi connectivity index (χ3n) is 6.43. The Balaban J connectivity index is 1.34. The highest BCUT2D eigenvalue weighted by atomic mass is 16.3. The molecule has 2 fully saturated rings. The molecule has 0 bridgehead atoms. The van der Waals surface area contributed by atoms with Crippen LogP contribution in [0.2, 0.25) is 0 Å². The van der Waals surface area contributed by atoms with Crippen molar-refractivity contribution in [2.45, 2.75) is 37.9 Å². The molecular formula is C23H29NO3. The average molecular weight is 367 g/mol. The van der Waals surface area contributed by atoms with E-state index in [9.17, 15) is 15.3 Å². The number of hydrogen-bond acceptors (Lipinski definition) is 4. The van der Waals surface area contributed by atoms with Crippen molar-refractivity contribution in [2.24, 2.45) is 11.8 Å².